The minimum atomic E-state index is -0.252. The Bertz CT molecular complexity index is 956. The van der Waals surface area contributed by atoms with Gasteiger partial charge in [0.2, 0.25) is 17.7 Å². The normalized spacial score (nSPS) is 16.7. The summed E-state index contributed by atoms with van der Waals surface area (Å²) in [7, 11) is 0. The molecule has 0 spiro atoms. The van der Waals surface area contributed by atoms with Crippen molar-refractivity contribution in [1.29, 1.82) is 0 Å². The maximum Gasteiger partial charge on any atom is 0.242 e. The summed E-state index contributed by atoms with van der Waals surface area (Å²) in [5.41, 5.74) is 1.70. The van der Waals surface area contributed by atoms with Crippen LogP contribution in [-0.2, 0) is 20.8 Å². The molecule has 0 radical (unpaired) electrons. The molecular formula is C21H24ClN5O3S. The quantitative estimate of drug-likeness (QED) is 0.710. The molecule has 0 atom stereocenters. The Morgan fingerprint density at radius 3 is 2.52 bits per heavy atom. The van der Waals surface area contributed by atoms with E-state index >= 15 is 0 Å². The zero-order valence-electron chi connectivity index (χ0n) is 17.1. The number of benzene rings is 1. The molecule has 0 saturated carbocycles. The van der Waals surface area contributed by atoms with Crippen LogP contribution in [-0.4, -0.2) is 66.9 Å². The van der Waals surface area contributed by atoms with Crippen LogP contribution in [0.5, 0.6) is 0 Å². The Balaban J connectivity index is 1.20. The van der Waals surface area contributed by atoms with Gasteiger partial charge in [-0.15, -0.1) is 11.3 Å². The van der Waals surface area contributed by atoms with E-state index in [1.54, 1.807) is 15.2 Å². The van der Waals surface area contributed by atoms with Gasteiger partial charge in [0.1, 0.15) is 0 Å². The van der Waals surface area contributed by atoms with Crippen molar-refractivity contribution in [1.82, 2.24) is 15.2 Å². The number of aromatic nitrogens is 1. The van der Waals surface area contributed by atoms with Crippen LogP contribution < -0.4 is 15.1 Å². The first-order chi connectivity index (χ1) is 15.0. The van der Waals surface area contributed by atoms with E-state index in [4.69, 9.17) is 11.6 Å². The summed E-state index contributed by atoms with van der Waals surface area (Å²) in [6.07, 6.45) is 1.48. The van der Waals surface area contributed by atoms with Crippen LogP contribution in [0.2, 0.25) is 5.02 Å². The van der Waals surface area contributed by atoms with E-state index in [9.17, 15) is 14.4 Å². The number of amides is 3. The first kappa shape index (κ1) is 21.6. The molecule has 2 aromatic rings. The molecule has 1 aromatic heterocycles. The van der Waals surface area contributed by atoms with Gasteiger partial charge < -0.3 is 15.1 Å². The van der Waals surface area contributed by atoms with Gasteiger partial charge in [-0.1, -0.05) is 11.6 Å². The first-order valence-corrected chi connectivity index (χ1v) is 11.5. The number of anilines is 2. The number of thiazole rings is 1. The zero-order valence-corrected chi connectivity index (χ0v) is 18.6. The van der Waals surface area contributed by atoms with Crippen molar-refractivity contribution in [3.8, 4) is 0 Å². The average Bonchev–Trinajstić information content (AvgIpc) is 3.41. The van der Waals surface area contributed by atoms with E-state index in [2.05, 4.69) is 15.2 Å². The minimum absolute atomic E-state index is 0.0264. The molecule has 4 rings (SSSR count). The summed E-state index contributed by atoms with van der Waals surface area (Å²) in [6, 6.07) is 7.67. The van der Waals surface area contributed by atoms with Gasteiger partial charge in [-0.2, -0.15) is 0 Å². The van der Waals surface area contributed by atoms with Gasteiger partial charge in [0.15, 0.2) is 5.13 Å². The van der Waals surface area contributed by atoms with Crippen molar-refractivity contribution >= 4 is 51.5 Å². The van der Waals surface area contributed by atoms with Gasteiger partial charge in [-0.25, -0.2) is 4.98 Å². The molecule has 3 amide bonds. The van der Waals surface area contributed by atoms with Crippen molar-refractivity contribution in [2.45, 2.75) is 19.3 Å². The van der Waals surface area contributed by atoms with Gasteiger partial charge >= 0.3 is 0 Å². The lowest BCUT2D eigenvalue weighted by Gasteiger charge is -2.36. The third kappa shape index (κ3) is 5.34. The summed E-state index contributed by atoms with van der Waals surface area (Å²) >= 11 is 7.30. The second-order valence-electron chi connectivity index (χ2n) is 7.57. The van der Waals surface area contributed by atoms with Crippen molar-refractivity contribution in [3.63, 3.8) is 0 Å². The lowest BCUT2D eigenvalue weighted by molar-refractivity contribution is -0.133. The van der Waals surface area contributed by atoms with Crippen molar-refractivity contribution < 1.29 is 14.4 Å². The molecule has 1 aromatic carbocycles. The highest BCUT2D eigenvalue weighted by Crippen LogP contribution is 2.25. The van der Waals surface area contributed by atoms with Gasteiger partial charge in [0.25, 0.3) is 0 Å². The molecule has 10 heteroatoms. The molecular weight excluding hydrogens is 438 g/mol. The van der Waals surface area contributed by atoms with Crippen LogP contribution in [0.15, 0.2) is 29.6 Å². The van der Waals surface area contributed by atoms with Crippen molar-refractivity contribution in [2.75, 3.05) is 49.1 Å². The number of carbonyl (C=O) groups excluding carboxylic acids is 3. The third-order valence-electron chi connectivity index (χ3n) is 5.45. The summed E-state index contributed by atoms with van der Waals surface area (Å²) < 4.78 is 0. The molecule has 2 saturated heterocycles. The molecule has 164 valence electrons. The maximum absolute atomic E-state index is 12.5. The number of piperazine rings is 1. The standard InChI is InChI=1S/C21H24ClN5O3S/c22-15-3-5-17(6-4-15)25-8-10-26(11-9-25)20(30)13-23-18(28)12-16-14-31-21(24-16)27-7-1-2-19(27)29/h3-6,14H,1-2,7-13H2,(H,23,28). The Morgan fingerprint density at radius 1 is 1.10 bits per heavy atom. The number of hydrogen-bond acceptors (Lipinski definition) is 6. The van der Waals surface area contributed by atoms with Gasteiger partial charge in [0, 0.05) is 55.2 Å². The topological polar surface area (TPSA) is 85.8 Å². The fourth-order valence-electron chi connectivity index (χ4n) is 3.73. The predicted octanol–water partition coefficient (Wildman–Crippen LogP) is 1.93. The van der Waals surface area contributed by atoms with E-state index in [0.717, 1.165) is 25.2 Å². The fraction of sp³-hybridized carbons (Fsp3) is 0.429. The highest BCUT2D eigenvalue weighted by molar-refractivity contribution is 7.14. The summed E-state index contributed by atoms with van der Waals surface area (Å²) in [5.74, 6) is -0.268. The minimum Gasteiger partial charge on any atom is -0.368 e. The molecule has 0 bridgehead atoms. The van der Waals surface area contributed by atoms with Crippen molar-refractivity contribution in [2.24, 2.45) is 0 Å². The van der Waals surface area contributed by atoms with E-state index < -0.39 is 0 Å². The van der Waals surface area contributed by atoms with Crippen LogP contribution in [0.3, 0.4) is 0 Å². The molecule has 2 aliphatic heterocycles. The third-order valence-corrected chi connectivity index (χ3v) is 6.61. The molecule has 1 N–H and O–H groups in total. The molecule has 2 aliphatic rings. The molecule has 0 aliphatic carbocycles. The smallest absolute Gasteiger partial charge is 0.242 e. The largest absolute Gasteiger partial charge is 0.368 e. The van der Waals surface area contributed by atoms with Crippen LogP contribution in [0.25, 0.3) is 0 Å². The Hall–Kier alpha value is -2.65. The van der Waals surface area contributed by atoms with E-state index in [1.165, 1.54) is 11.3 Å². The summed E-state index contributed by atoms with van der Waals surface area (Å²) in [4.78, 5) is 46.6. The van der Waals surface area contributed by atoms with Crippen LogP contribution in [0.1, 0.15) is 18.5 Å². The highest BCUT2D eigenvalue weighted by atomic mass is 35.5. The number of carbonyl (C=O) groups is 3. The number of hydrogen-bond donors (Lipinski definition) is 1. The van der Waals surface area contributed by atoms with E-state index in [1.807, 2.05) is 24.3 Å². The van der Waals surface area contributed by atoms with E-state index in [0.29, 0.717) is 41.9 Å². The predicted molar refractivity (Wildman–Crippen MR) is 121 cm³/mol. The van der Waals surface area contributed by atoms with Crippen LogP contribution in [0, 0.1) is 0 Å². The Kier molecular flexibility index (Phi) is 6.72. The van der Waals surface area contributed by atoms with Gasteiger partial charge in [-0.05, 0) is 30.7 Å². The lowest BCUT2D eigenvalue weighted by Crippen LogP contribution is -2.51. The average molecular weight is 462 g/mol. The number of nitrogens with one attached hydrogen (secondary N) is 1. The molecule has 3 heterocycles. The van der Waals surface area contributed by atoms with Gasteiger partial charge in [0.05, 0.1) is 18.7 Å². The molecule has 0 unspecified atom stereocenters. The lowest BCUT2D eigenvalue weighted by atomic mass is 10.2. The first-order valence-electron chi connectivity index (χ1n) is 10.3. The van der Waals surface area contributed by atoms with Gasteiger partial charge in [-0.3, -0.25) is 19.3 Å². The van der Waals surface area contributed by atoms with Crippen LogP contribution >= 0.6 is 22.9 Å². The Labute approximate surface area is 189 Å². The molecule has 31 heavy (non-hydrogen) atoms. The summed E-state index contributed by atoms with van der Waals surface area (Å²) in [6.45, 7) is 3.34. The van der Waals surface area contributed by atoms with Crippen LogP contribution in [0.4, 0.5) is 10.8 Å². The second kappa shape index (κ2) is 9.65. The van der Waals surface area contributed by atoms with E-state index in [-0.39, 0.29) is 30.7 Å². The SMILES string of the molecule is O=C(Cc1csc(N2CCCC2=O)n1)NCC(=O)N1CCN(c2ccc(Cl)cc2)CC1. The number of halogens is 1. The monoisotopic (exact) mass is 461 g/mol. The highest BCUT2D eigenvalue weighted by Gasteiger charge is 2.25. The second-order valence-corrected chi connectivity index (χ2v) is 8.84. The summed E-state index contributed by atoms with van der Waals surface area (Å²) in [5, 5.41) is 5.82. The Morgan fingerprint density at radius 2 is 1.84 bits per heavy atom. The molecule has 2 fully saturated rings. The number of nitrogens with zero attached hydrogens (tertiary/aromatic N) is 4. The molecule has 8 nitrogen and oxygen atoms in total. The number of rotatable bonds is 6. The fourth-order valence-corrected chi connectivity index (χ4v) is 4.72. The van der Waals surface area contributed by atoms with Crippen molar-refractivity contribution in [3.05, 3.63) is 40.4 Å². The zero-order chi connectivity index (χ0) is 21.8. The maximum atomic E-state index is 12.5.